The first-order valence-electron chi connectivity index (χ1n) is 6.19. The van der Waals surface area contributed by atoms with Gasteiger partial charge in [0, 0.05) is 12.1 Å². The third kappa shape index (κ3) is 4.42. The van der Waals surface area contributed by atoms with E-state index in [4.69, 9.17) is 14.9 Å². The highest BCUT2D eigenvalue weighted by Crippen LogP contribution is 2.26. The minimum absolute atomic E-state index is 0.0484. The van der Waals surface area contributed by atoms with Crippen LogP contribution in [0.4, 0.5) is 0 Å². The van der Waals surface area contributed by atoms with E-state index in [1.54, 1.807) is 13.8 Å². The minimum Gasteiger partial charge on any atom is -0.495 e. The predicted molar refractivity (Wildman–Crippen MR) is 76.1 cm³/mol. The molecule has 1 aromatic rings. The summed E-state index contributed by atoms with van der Waals surface area (Å²) < 4.78 is 32.2. The standard InChI is InChI=1S/C13H19NO6S/c1-13(2,6-7-15)14-21(18,19)11-8-9(12(16)17)4-5-10(11)20-3/h4-5,8,14-15H,6-7H2,1-3H3,(H,16,17). The fourth-order valence-electron chi connectivity index (χ4n) is 1.77. The van der Waals surface area contributed by atoms with Crippen molar-refractivity contribution in [2.75, 3.05) is 13.7 Å². The van der Waals surface area contributed by atoms with E-state index in [0.29, 0.717) is 0 Å². The highest BCUT2D eigenvalue weighted by molar-refractivity contribution is 7.89. The zero-order valence-electron chi connectivity index (χ0n) is 12.1. The van der Waals surface area contributed by atoms with Crippen LogP contribution in [0.2, 0.25) is 0 Å². The molecule has 0 aliphatic carbocycles. The Hall–Kier alpha value is -1.64. The van der Waals surface area contributed by atoms with Crippen LogP contribution in [0.1, 0.15) is 30.6 Å². The molecule has 0 amide bonds. The van der Waals surface area contributed by atoms with Crippen LogP contribution in [0, 0.1) is 0 Å². The third-order valence-corrected chi connectivity index (χ3v) is 4.57. The summed E-state index contributed by atoms with van der Waals surface area (Å²) in [7, 11) is -2.69. The molecule has 0 aliphatic rings. The number of ether oxygens (including phenoxy) is 1. The maximum absolute atomic E-state index is 12.4. The number of methoxy groups -OCH3 is 1. The fraction of sp³-hybridized carbons (Fsp3) is 0.462. The zero-order valence-corrected chi connectivity index (χ0v) is 12.9. The summed E-state index contributed by atoms with van der Waals surface area (Å²) in [5, 5.41) is 17.9. The van der Waals surface area contributed by atoms with E-state index in [1.165, 1.54) is 19.2 Å². The first-order valence-corrected chi connectivity index (χ1v) is 7.67. The summed E-state index contributed by atoms with van der Waals surface area (Å²) >= 11 is 0. The number of rotatable bonds is 7. The Morgan fingerprint density at radius 2 is 2.00 bits per heavy atom. The van der Waals surface area contributed by atoms with Gasteiger partial charge in [-0.2, -0.15) is 0 Å². The maximum atomic E-state index is 12.4. The SMILES string of the molecule is COc1ccc(C(=O)O)cc1S(=O)(=O)NC(C)(C)CCO. The van der Waals surface area contributed by atoms with Gasteiger partial charge in [-0.15, -0.1) is 0 Å². The Morgan fingerprint density at radius 1 is 1.38 bits per heavy atom. The molecule has 0 bridgehead atoms. The smallest absolute Gasteiger partial charge is 0.335 e. The molecule has 0 fully saturated rings. The van der Waals surface area contributed by atoms with Gasteiger partial charge in [-0.05, 0) is 38.5 Å². The monoisotopic (exact) mass is 317 g/mol. The zero-order chi connectivity index (χ0) is 16.3. The summed E-state index contributed by atoms with van der Waals surface area (Å²) in [6.45, 7) is 3.06. The predicted octanol–water partition coefficient (Wildman–Crippen LogP) is 0.833. The molecule has 0 radical (unpaired) electrons. The molecule has 8 heteroatoms. The largest absolute Gasteiger partial charge is 0.495 e. The lowest BCUT2D eigenvalue weighted by atomic mass is 10.0. The molecule has 0 atom stereocenters. The van der Waals surface area contributed by atoms with E-state index in [1.807, 2.05) is 0 Å². The van der Waals surface area contributed by atoms with Gasteiger partial charge in [0.05, 0.1) is 12.7 Å². The number of aliphatic hydroxyl groups excluding tert-OH is 1. The molecule has 0 aliphatic heterocycles. The lowest BCUT2D eigenvalue weighted by Gasteiger charge is -2.25. The van der Waals surface area contributed by atoms with E-state index >= 15 is 0 Å². The number of carboxylic acid groups (broad SMARTS) is 1. The van der Waals surface area contributed by atoms with Crippen LogP contribution in [0.15, 0.2) is 23.1 Å². The molecule has 0 saturated heterocycles. The van der Waals surface area contributed by atoms with E-state index in [0.717, 1.165) is 6.07 Å². The van der Waals surface area contributed by atoms with Crippen molar-refractivity contribution in [2.24, 2.45) is 0 Å². The molecule has 21 heavy (non-hydrogen) atoms. The maximum Gasteiger partial charge on any atom is 0.335 e. The Kier molecular flexibility index (Phi) is 5.32. The van der Waals surface area contributed by atoms with Gasteiger partial charge >= 0.3 is 5.97 Å². The molecule has 3 N–H and O–H groups in total. The van der Waals surface area contributed by atoms with Gasteiger partial charge in [0.25, 0.3) is 0 Å². The second-order valence-corrected chi connectivity index (χ2v) is 6.78. The average molecular weight is 317 g/mol. The first kappa shape index (κ1) is 17.4. The van der Waals surface area contributed by atoms with E-state index in [-0.39, 0.29) is 29.2 Å². The second kappa shape index (κ2) is 6.42. The molecule has 7 nitrogen and oxygen atoms in total. The fourth-order valence-corrected chi connectivity index (χ4v) is 3.41. The molecule has 118 valence electrons. The molecule has 1 aromatic carbocycles. The number of sulfonamides is 1. The van der Waals surface area contributed by atoms with Gasteiger partial charge in [-0.1, -0.05) is 0 Å². The van der Waals surface area contributed by atoms with Gasteiger partial charge < -0.3 is 14.9 Å². The van der Waals surface area contributed by atoms with Gasteiger partial charge in [0.1, 0.15) is 10.6 Å². The van der Waals surface area contributed by atoms with Crippen molar-refractivity contribution < 1.29 is 28.2 Å². The first-order chi connectivity index (χ1) is 9.63. The Labute approximate surface area is 123 Å². The summed E-state index contributed by atoms with van der Waals surface area (Å²) in [6, 6.07) is 3.59. The molecule has 0 heterocycles. The van der Waals surface area contributed by atoms with Crippen molar-refractivity contribution in [3.8, 4) is 5.75 Å². The Bertz CT molecular complexity index is 624. The number of carbonyl (C=O) groups is 1. The Morgan fingerprint density at radius 3 is 2.48 bits per heavy atom. The molecule has 0 unspecified atom stereocenters. The van der Waals surface area contributed by atoms with E-state index in [2.05, 4.69) is 4.72 Å². The number of hydrogen-bond donors (Lipinski definition) is 3. The molecule has 0 saturated carbocycles. The number of nitrogens with one attached hydrogen (secondary N) is 1. The van der Waals surface area contributed by atoms with Gasteiger partial charge in [0.2, 0.25) is 10.0 Å². The van der Waals surface area contributed by atoms with Crippen molar-refractivity contribution in [2.45, 2.75) is 30.7 Å². The number of benzene rings is 1. The molecular formula is C13H19NO6S. The van der Waals surface area contributed by atoms with Gasteiger partial charge in [-0.3, -0.25) is 0 Å². The summed E-state index contributed by atoms with van der Waals surface area (Å²) in [4.78, 5) is 10.7. The van der Waals surface area contributed by atoms with E-state index in [9.17, 15) is 13.2 Å². The number of carboxylic acids is 1. The minimum atomic E-state index is -3.99. The van der Waals surface area contributed by atoms with Crippen molar-refractivity contribution in [3.05, 3.63) is 23.8 Å². The molecule has 1 rings (SSSR count). The Balaban J connectivity index is 3.29. The average Bonchev–Trinajstić information content (AvgIpc) is 2.36. The second-order valence-electron chi connectivity index (χ2n) is 5.13. The van der Waals surface area contributed by atoms with E-state index < -0.39 is 21.5 Å². The molecule has 0 aromatic heterocycles. The number of aliphatic hydroxyl groups is 1. The molecule has 0 spiro atoms. The summed E-state index contributed by atoms with van der Waals surface area (Å²) in [6.07, 6.45) is 0.215. The quantitative estimate of drug-likeness (QED) is 0.686. The topological polar surface area (TPSA) is 113 Å². The summed E-state index contributed by atoms with van der Waals surface area (Å²) in [5.41, 5.74) is -1.03. The number of aromatic carboxylic acids is 1. The van der Waals surface area contributed by atoms with Crippen molar-refractivity contribution in [3.63, 3.8) is 0 Å². The van der Waals surface area contributed by atoms with Gasteiger partial charge in [0.15, 0.2) is 0 Å². The van der Waals surface area contributed by atoms with Crippen LogP contribution < -0.4 is 9.46 Å². The normalized spacial score (nSPS) is 12.2. The van der Waals surface area contributed by atoms with Crippen LogP contribution in [-0.2, 0) is 10.0 Å². The third-order valence-electron chi connectivity index (χ3n) is 2.85. The lowest BCUT2D eigenvalue weighted by Crippen LogP contribution is -2.44. The number of hydrogen-bond acceptors (Lipinski definition) is 5. The van der Waals surface area contributed by atoms with Crippen LogP contribution in [0.5, 0.6) is 5.75 Å². The van der Waals surface area contributed by atoms with Crippen LogP contribution >= 0.6 is 0 Å². The van der Waals surface area contributed by atoms with Crippen molar-refractivity contribution >= 4 is 16.0 Å². The lowest BCUT2D eigenvalue weighted by molar-refractivity contribution is 0.0696. The van der Waals surface area contributed by atoms with Crippen LogP contribution in [0.25, 0.3) is 0 Å². The van der Waals surface area contributed by atoms with Crippen LogP contribution in [0.3, 0.4) is 0 Å². The highest BCUT2D eigenvalue weighted by Gasteiger charge is 2.28. The van der Waals surface area contributed by atoms with Crippen LogP contribution in [-0.4, -0.2) is 43.9 Å². The van der Waals surface area contributed by atoms with Crippen molar-refractivity contribution in [1.82, 2.24) is 4.72 Å². The molecular weight excluding hydrogens is 298 g/mol. The highest BCUT2D eigenvalue weighted by atomic mass is 32.2. The van der Waals surface area contributed by atoms with Gasteiger partial charge in [-0.25, -0.2) is 17.9 Å². The van der Waals surface area contributed by atoms with Crippen molar-refractivity contribution in [1.29, 1.82) is 0 Å². The summed E-state index contributed by atoms with van der Waals surface area (Å²) in [5.74, 6) is -1.18.